The minimum Gasteiger partial charge on any atom is -0.369 e. The van der Waals surface area contributed by atoms with Gasteiger partial charge in [-0.1, -0.05) is 18.5 Å². The van der Waals surface area contributed by atoms with Crippen LogP contribution in [0, 0.1) is 11.8 Å². The highest BCUT2D eigenvalue weighted by molar-refractivity contribution is 6.30. The lowest BCUT2D eigenvalue weighted by Gasteiger charge is -2.37. The summed E-state index contributed by atoms with van der Waals surface area (Å²) in [5, 5.41) is 4.32. The summed E-state index contributed by atoms with van der Waals surface area (Å²) in [5.41, 5.74) is 1.30. The maximum Gasteiger partial charge on any atom is 0.0407 e. The lowest BCUT2D eigenvalue weighted by atomic mass is 9.97. The van der Waals surface area contributed by atoms with Gasteiger partial charge in [-0.05, 0) is 49.2 Å². The van der Waals surface area contributed by atoms with E-state index in [0.717, 1.165) is 29.9 Å². The summed E-state index contributed by atoms with van der Waals surface area (Å²) in [5.74, 6) is 1.65. The first-order valence-corrected chi connectivity index (χ1v) is 8.04. The number of nitrogens with one attached hydrogen (secondary N) is 1. The number of anilines is 1. The van der Waals surface area contributed by atoms with Gasteiger partial charge < -0.3 is 10.2 Å². The molecule has 110 valence electrons. The SMILES string of the molecule is CC1CNCC1CN1CCN(c2ccc(Cl)cc2)CC1. The maximum atomic E-state index is 5.95. The first-order chi connectivity index (χ1) is 9.72. The number of benzene rings is 1. The second kappa shape index (κ2) is 6.33. The van der Waals surface area contributed by atoms with Crippen molar-refractivity contribution in [2.45, 2.75) is 6.92 Å². The molecule has 2 aliphatic heterocycles. The molecule has 2 saturated heterocycles. The molecule has 2 fully saturated rings. The molecule has 2 heterocycles. The number of halogens is 1. The van der Waals surface area contributed by atoms with Crippen molar-refractivity contribution in [2.24, 2.45) is 11.8 Å². The summed E-state index contributed by atoms with van der Waals surface area (Å²) in [6.45, 7) is 10.6. The van der Waals surface area contributed by atoms with Gasteiger partial charge in [0.15, 0.2) is 0 Å². The van der Waals surface area contributed by atoms with Crippen LogP contribution in [-0.4, -0.2) is 50.7 Å². The third kappa shape index (κ3) is 3.27. The number of hydrogen-bond donors (Lipinski definition) is 1. The van der Waals surface area contributed by atoms with Gasteiger partial charge in [-0.25, -0.2) is 0 Å². The minimum absolute atomic E-state index is 0.815. The number of piperazine rings is 1. The Balaban J connectivity index is 1.50. The Morgan fingerprint density at radius 1 is 1.10 bits per heavy atom. The van der Waals surface area contributed by atoms with Crippen LogP contribution in [0.2, 0.25) is 5.02 Å². The lowest BCUT2D eigenvalue weighted by Crippen LogP contribution is -2.48. The molecule has 0 amide bonds. The highest BCUT2D eigenvalue weighted by atomic mass is 35.5. The summed E-state index contributed by atoms with van der Waals surface area (Å²) in [7, 11) is 0. The van der Waals surface area contributed by atoms with Crippen LogP contribution in [-0.2, 0) is 0 Å². The van der Waals surface area contributed by atoms with Gasteiger partial charge >= 0.3 is 0 Å². The number of hydrogen-bond acceptors (Lipinski definition) is 3. The van der Waals surface area contributed by atoms with Crippen LogP contribution in [0.1, 0.15) is 6.92 Å². The van der Waals surface area contributed by atoms with Crippen LogP contribution in [0.15, 0.2) is 24.3 Å². The van der Waals surface area contributed by atoms with Crippen molar-refractivity contribution in [3.05, 3.63) is 29.3 Å². The molecular formula is C16H24ClN3. The molecule has 0 saturated carbocycles. The van der Waals surface area contributed by atoms with Gasteiger partial charge in [0.05, 0.1) is 0 Å². The molecule has 1 N–H and O–H groups in total. The van der Waals surface area contributed by atoms with Crippen molar-refractivity contribution in [3.63, 3.8) is 0 Å². The molecule has 3 nitrogen and oxygen atoms in total. The van der Waals surface area contributed by atoms with E-state index in [4.69, 9.17) is 11.6 Å². The smallest absolute Gasteiger partial charge is 0.0407 e. The van der Waals surface area contributed by atoms with Gasteiger partial charge in [0.1, 0.15) is 0 Å². The fourth-order valence-corrected chi connectivity index (χ4v) is 3.41. The van der Waals surface area contributed by atoms with Crippen molar-refractivity contribution in [3.8, 4) is 0 Å². The summed E-state index contributed by atoms with van der Waals surface area (Å²) in [4.78, 5) is 5.09. The van der Waals surface area contributed by atoms with Crippen LogP contribution in [0.3, 0.4) is 0 Å². The molecule has 2 unspecified atom stereocenters. The number of nitrogens with zero attached hydrogens (tertiary/aromatic N) is 2. The van der Waals surface area contributed by atoms with E-state index in [1.54, 1.807) is 0 Å². The molecule has 20 heavy (non-hydrogen) atoms. The Kier molecular flexibility index (Phi) is 4.49. The molecule has 0 aromatic heterocycles. The number of rotatable bonds is 3. The van der Waals surface area contributed by atoms with Crippen LogP contribution < -0.4 is 10.2 Å². The van der Waals surface area contributed by atoms with E-state index in [9.17, 15) is 0 Å². The molecule has 2 atom stereocenters. The summed E-state index contributed by atoms with van der Waals surface area (Å²) in [6, 6.07) is 8.21. The zero-order valence-electron chi connectivity index (χ0n) is 12.2. The van der Waals surface area contributed by atoms with Crippen molar-refractivity contribution in [1.29, 1.82) is 0 Å². The standard InChI is InChI=1S/C16H24ClN3/c1-13-10-18-11-14(13)12-19-6-8-20(9-7-19)16-4-2-15(17)3-5-16/h2-5,13-14,18H,6-12H2,1H3. The van der Waals surface area contributed by atoms with Crippen LogP contribution >= 0.6 is 11.6 Å². The third-order valence-corrected chi connectivity index (χ3v) is 4.99. The van der Waals surface area contributed by atoms with Crippen LogP contribution in [0.5, 0.6) is 0 Å². The maximum absolute atomic E-state index is 5.95. The quantitative estimate of drug-likeness (QED) is 0.923. The van der Waals surface area contributed by atoms with E-state index >= 15 is 0 Å². The van der Waals surface area contributed by atoms with Crippen molar-refractivity contribution in [1.82, 2.24) is 10.2 Å². The zero-order valence-corrected chi connectivity index (χ0v) is 12.9. The normalized spacial score (nSPS) is 28.0. The molecule has 4 heteroatoms. The van der Waals surface area contributed by atoms with Crippen LogP contribution in [0.4, 0.5) is 5.69 Å². The largest absolute Gasteiger partial charge is 0.369 e. The van der Waals surface area contributed by atoms with Gasteiger partial charge in [-0.15, -0.1) is 0 Å². The van der Waals surface area contributed by atoms with E-state index in [1.807, 2.05) is 12.1 Å². The molecular weight excluding hydrogens is 270 g/mol. The highest BCUT2D eigenvalue weighted by Crippen LogP contribution is 2.21. The minimum atomic E-state index is 0.815. The Bertz CT molecular complexity index is 426. The first kappa shape index (κ1) is 14.2. The monoisotopic (exact) mass is 293 g/mol. The molecule has 3 rings (SSSR count). The van der Waals surface area contributed by atoms with Crippen molar-refractivity contribution in [2.75, 3.05) is 50.7 Å². The summed E-state index contributed by atoms with van der Waals surface area (Å²) < 4.78 is 0. The zero-order chi connectivity index (χ0) is 13.9. The summed E-state index contributed by atoms with van der Waals surface area (Å²) >= 11 is 5.95. The second-order valence-corrected chi connectivity index (χ2v) is 6.60. The van der Waals surface area contributed by atoms with E-state index in [-0.39, 0.29) is 0 Å². The predicted molar refractivity (Wildman–Crippen MR) is 85.6 cm³/mol. The van der Waals surface area contributed by atoms with E-state index in [1.165, 1.54) is 38.4 Å². The molecule has 0 aliphatic carbocycles. The summed E-state index contributed by atoms with van der Waals surface area (Å²) in [6.07, 6.45) is 0. The highest BCUT2D eigenvalue weighted by Gasteiger charge is 2.26. The topological polar surface area (TPSA) is 18.5 Å². The second-order valence-electron chi connectivity index (χ2n) is 6.16. The average Bonchev–Trinajstić information content (AvgIpc) is 2.86. The Labute approximate surface area is 126 Å². The fraction of sp³-hybridized carbons (Fsp3) is 0.625. The van der Waals surface area contributed by atoms with E-state index < -0.39 is 0 Å². The van der Waals surface area contributed by atoms with Gasteiger partial charge in [0.2, 0.25) is 0 Å². The molecule has 2 aliphatic rings. The van der Waals surface area contributed by atoms with Crippen molar-refractivity contribution < 1.29 is 0 Å². The predicted octanol–water partition coefficient (Wildman–Crippen LogP) is 2.32. The van der Waals surface area contributed by atoms with Crippen LogP contribution in [0.25, 0.3) is 0 Å². The van der Waals surface area contributed by atoms with Crippen molar-refractivity contribution >= 4 is 17.3 Å². The first-order valence-electron chi connectivity index (χ1n) is 7.66. The van der Waals surface area contributed by atoms with Gasteiger partial charge in [-0.2, -0.15) is 0 Å². The van der Waals surface area contributed by atoms with Gasteiger partial charge in [0, 0.05) is 43.4 Å². The third-order valence-electron chi connectivity index (χ3n) is 4.73. The Morgan fingerprint density at radius 3 is 2.40 bits per heavy atom. The average molecular weight is 294 g/mol. The molecule has 1 aromatic carbocycles. The fourth-order valence-electron chi connectivity index (χ4n) is 3.28. The van der Waals surface area contributed by atoms with Gasteiger partial charge in [0.25, 0.3) is 0 Å². The van der Waals surface area contributed by atoms with Gasteiger partial charge in [-0.3, -0.25) is 4.90 Å². The molecule has 1 aromatic rings. The molecule has 0 radical (unpaired) electrons. The van der Waals surface area contributed by atoms with E-state index in [2.05, 4.69) is 34.2 Å². The van der Waals surface area contributed by atoms with E-state index in [0.29, 0.717) is 0 Å². The Hall–Kier alpha value is -0.770. The lowest BCUT2D eigenvalue weighted by molar-refractivity contribution is 0.208. The molecule has 0 spiro atoms. The molecule has 0 bridgehead atoms. The Morgan fingerprint density at radius 2 is 1.80 bits per heavy atom.